The average molecular weight is 314 g/mol. The number of amides is 1. The van der Waals surface area contributed by atoms with Crippen molar-refractivity contribution in [3.63, 3.8) is 0 Å². The van der Waals surface area contributed by atoms with Crippen LogP contribution in [0.15, 0.2) is 30.9 Å². The lowest BCUT2D eigenvalue weighted by molar-refractivity contribution is -0.119. The summed E-state index contributed by atoms with van der Waals surface area (Å²) >= 11 is 0. The Morgan fingerprint density at radius 1 is 1.43 bits per heavy atom. The summed E-state index contributed by atoms with van der Waals surface area (Å²) in [5.41, 5.74) is 6.30. The second-order valence-corrected chi connectivity index (χ2v) is 4.64. The molecule has 2 unspecified atom stereocenters. The fourth-order valence-corrected chi connectivity index (χ4v) is 1.60. The van der Waals surface area contributed by atoms with Gasteiger partial charge in [-0.05, 0) is 25.1 Å². The third-order valence-corrected chi connectivity index (χ3v) is 3.08. The second kappa shape index (κ2) is 7.14. The minimum Gasteiger partial charge on any atom is -0.327 e. The van der Waals surface area contributed by atoms with E-state index in [-0.39, 0.29) is 36.0 Å². The first-order chi connectivity index (χ1) is 9.49. The molecule has 0 aliphatic heterocycles. The minimum atomic E-state index is -0.498. The van der Waals surface area contributed by atoms with Gasteiger partial charge in [-0.1, -0.05) is 6.92 Å². The van der Waals surface area contributed by atoms with Gasteiger partial charge in [0.05, 0.1) is 5.92 Å². The normalized spacial score (nSPS) is 13.1. The van der Waals surface area contributed by atoms with E-state index in [1.165, 1.54) is 29.5 Å². The highest BCUT2D eigenvalue weighted by Crippen LogP contribution is 2.18. The largest absolute Gasteiger partial charge is 0.327 e. The van der Waals surface area contributed by atoms with Crippen LogP contribution in [-0.2, 0) is 4.79 Å². The number of nitrogens with zero attached hydrogens (tertiary/aromatic N) is 3. The first-order valence-electron chi connectivity index (χ1n) is 6.20. The zero-order chi connectivity index (χ0) is 14.7. The summed E-state index contributed by atoms with van der Waals surface area (Å²) in [4.78, 5) is 15.6. The van der Waals surface area contributed by atoms with Gasteiger partial charge in [0.1, 0.15) is 18.3 Å². The fraction of sp³-hybridized carbons (Fsp3) is 0.308. The summed E-state index contributed by atoms with van der Waals surface area (Å²) in [5.74, 6) is -1.09. The number of rotatable bonds is 4. The van der Waals surface area contributed by atoms with Crippen LogP contribution in [0.5, 0.6) is 0 Å². The number of anilines is 1. The highest BCUT2D eigenvalue weighted by atomic mass is 35.5. The highest BCUT2D eigenvalue weighted by Gasteiger charge is 2.17. The molecule has 2 aromatic rings. The molecule has 0 spiro atoms. The predicted molar refractivity (Wildman–Crippen MR) is 80.0 cm³/mol. The van der Waals surface area contributed by atoms with Crippen LogP contribution in [0.2, 0.25) is 0 Å². The van der Waals surface area contributed by atoms with Gasteiger partial charge in [0, 0.05) is 11.7 Å². The first-order valence-corrected chi connectivity index (χ1v) is 6.20. The molecule has 3 N–H and O–H groups in total. The molecule has 1 heterocycles. The van der Waals surface area contributed by atoms with E-state index in [0.717, 1.165) is 0 Å². The van der Waals surface area contributed by atoms with Crippen LogP contribution in [0.3, 0.4) is 0 Å². The van der Waals surface area contributed by atoms with Gasteiger partial charge in [-0.25, -0.2) is 14.1 Å². The van der Waals surface area contributed by atoms with Gasteiger partial charge >= 0.3 is 0 Å². The van der Waals surface area contributed by atoms with E-state index >= 15 is 0 Å². The van der Waals surface area contributed by atoms with E-state index in [1.54, 1.807) is 19.9 Å². The smallest absolute Gasteiger partial charge is 0.228 e. The van der Waals surface area contributed by atoms with Crippen molar-refractivity contribution in [3.8, 4) is 5.69 Å². The first kappa shape index (κ1) is 17.1. The Labute approximate surface area is 128 Å². The van der Waals surface area contributed by atoms with Crippen molar-refractivity contribution < 1.29 is 9.18 Å². The predicted octanol–water partition coefficient (Wildman–Crippen LogP) is 1.75. The maximum absolute atomic E-state index is 14.0. The molecular weight excluding hydrogens is 297 g/mol. The lowest BCUT2D eigenvalue weighted by Gasteiger charge is -2.15. The van der Waals surface area contributed by atoms with E-state index in [9.17, 15) is 9.18 Å². The van der Waals surface area contributed by atoms with Crippen LogP contribution in [0.1, 0.15) is 13.8 Å². The molecule has 2 rings (SSSR count). The Morgan fingerprint density at radius 2 is 2.14 bits per heavy atom. The number of nitrogens with two attached hydrogens (primary N) is 1. The van der Waals surface area contributed by atoms with E-state index in [1.807, 2.05) is 0 Å². The number of benzene rings is 1. The molecule has 2 atom stereocenters. The van der Waals surface area contributed by atoms with Gasteiger partial charge in [-0.2, -0.15) is 5.10 Å². The second-order valence-electron chi connectivity index (χ2n) is 4.64. The summed E-state index contributed by atoms with van der Waals surface area (Å²) in [7, 11) is 0. The molecule has 0 radical (unpaired) electrons. The van der Waals surface area contributed by atoms with E-state index in [0.29, 0.717) is 5.69 Å². The minimum absolute atomic E-state index is 0. The maximum Gasteiger partial charge on any atom is 0.228 e. The van der Waals surface area contributed by atoms with E-state index in [2.05, 4.69) is 15.4 Å². The van der Waals surface area contributed by atoms with E-state index < -0.39 is 5.82 Å². The van der Waals surface area contributed by atoms with Gasteiger partial charge in [-0.3, -0.25) is 4.79 Å². The van der Waals surface area contributed by atoms with Crippen molar-refractivity contribution in [2.75, 3.05) is 5.32 Å². The van der Waals surface area contributed by atoms with E-state index in [4.69, 9.17) is 5.73 Å². The Hall–Kier alpha value is -1.99. The van der Waals surface area contributed by atoms with Gasteiger partial charge < -0.3 is 11.1 Å². The van der Waals surface area contributed by atoms with Crippen molar-refractivity contribution in [1.82, 2.24) is 14.8 Å². The molecular formula is C13H17ClFN5O. The molecule has 8 heteroatoms. The topological polar surface area (TPSA) is 85.8 Å². The van der Waals surface area contributed by atoms with Crippen molar-refractivity contribution >= 4 is 24.0 Å². The number of hydrogen-bond donors (Lipinski definition) is 2. The van der Waals surface area contributed by atoms with Crippen molar-refractivity contribution in [3.05, 3.63) is 36.7 Å². The average Bonchev–Trinajstić information content (AvgIpc) is 2.91. The summed E-state index contributed by atoms with van der Waals surface area (Å²) in [5, 5.41) is 6.48. The number of nitrogens with one attached hydrogen (secondary N) is 1. The molecule has 0 fully saturated rings. The fourth-order valence-electron chi connectivity index (χ4n) is 1.60. The molecule has 6 nitrogen and oxygen atoms in total. The lowest BCUT2D eigenvalue weighted by Crippen LogP contribution is -2.34. The van der Waals surface area contributed by atoms with Crippen LogP contribution >= 0.6 is 12.4 Å². The summed E-state index contributed by atoms with van der Waals surface area (Å²) in [6.45, 7) is 3.47. The zero-order valence-corrected chi connectivity index (χ0v) is 12.5. The molecule has 0 aliphatic carbocycles. The van der Waals surface area contributed by atoms with Gasteiger partial charge in [0.2, 0.25) is 5.91 Å². The molecule has 0 saturated carbocycles. The molecule has 1 aromatic heterocycles. The number of aromatic nitrogens is 3. The van der Waals surface area contributed by atoms with Crippen molar-refractivity contribution in [1.29, 1.82) is 0 Å². The number of hydrogen-bond acceptors (Lipinski definition) is 4. The van der Waals surface area contributed by atoms with Crippen LogP contribution < -0.4 is 11.1 Å². The quantitative estimate of drug-likeness (QED) is 0.900. The van der Waals surface area contributed by atoms with Crippen LogP contribution in [0.25, 0.3) is 5.69 Å². The molecule has 0 bridgehead atoms. The Kier molecular flexibility index (Phi) is 5.80. The monoisotopic (exact) mass is 313 g/mol. The zero-order valence-electron chi connectivity index (χ0n) is 11.7. The summed E-state index contributed by atoms with van der Waals surface area (Å²) in [6.07, 6.45) is 2.72. The maximum atomic E-state index is 14.0. The molecule has 1 aromatic carbocycles. The Morgan fingerprint density at radius 3 is 2.67 bits per heavy atom. The number of carbonyl (C=O) groups excluding carboxylic acids is 1. The SMILES string of the molecule is CC(N)C(C)C(=O)Nc1ccc(-n2cncn2)c(F)c1.Cl. The summed E-state index contributed by atoms with van der Waals surface area (Å²) < 4.78 is 15.3. The van der Waals surface area contributed by atoms with Crippen LogP contribution in [-0.4, -0.2) is 26.7 Å². The van der Waals surface area contributed by atoms with Crippen molar-refractivity contribution in [2.45, 2.75) is 19.9 Å². The van der Waals surface area contributed by atoms with Gasteiger partial charge in [0.25, 0.3) is 0 Å². The van der Waals surface area contributed by atoms with Crippen LogP contribution in [0, 0.1) is 11.7 Å². The molecule has 21 heavy (non-hydrogen) atoms. The third kappa shape index (κ3) is 3.99. The number of carbonyl (C=O) groups is 1. The van der Waals surface area contributed by atoms with Crippen molar-refractivity contribution in [2.24, 2.45) is 11.7 Å². The van der Waals surface area contributed by atoms with Crippen LogP contribution in [0.4, 0.5) is 10.1 Å². The lowest BCUT2D eigenvalue weighted by atomic mass is 10.0. The molecule has 0 aliphatic rings. The Balaban J connectivity index is 0.00000220. The van der Waals surface area contributed by atoms with Gasteiger partial charge in [0.15, 0.2) is 5.82 Å². The number of halogens is 2. The standard InChI is InChI=1S/C13H16FN5O.ClH/c1-8(9(2)15)13(20)18-10-3-4-12(11(14)5-10)19-7-16-6-17-19;/h3-9H,15H2,1-2H3,(H,18,20);1H. The molecule has 0 saturated heterocycles. The van der Waals surface area contributed by atoms with Gasteiger partial charge in [-0.15, -0.1) is 12.4 Å². The Bertz CT molecular complexity index is 603. The summed E-state index contributed by atoms with van der Waals surface area (Å²) in [6, 6.07) is 4.10. The highest BCUT2D eigenvalue weighted by molar-refractivity contribution is 5.92. The third-order valence-electron chi connectivity index (χ3n) is 3.08. The molecule has 114 valence electrons. The molecule has 1 amide bonds.